The van der Waals surface area contributed by atoms with Gasteiger partial charge in [0, 0.05) is 6.61 Å². The molecule has 1 aromatic rings. The molecule has 3 rings (SSSR count). The van der Waals surface area contributed by atoms with E-state index in [2.05, 4.69) is 0 Å². The Morgan fingerprint density at radius 3 is 2.95 bits per heavy atom. The normalized spacial score (nSPS) is 25.2. The van der Waals surface area contributed by atoms with Gasteiger partial charge < -0.3 is 14.2 Å². The number of hydrogen-bond donors (Lipinski definition) is 0. The second-order valence-electron chi connectivity index (χ2n) is 5.36. The fourth-order valence-electron chi connectivity index (χ4n) is 2.97. The first-order valence-electron chi connectivity index (χ1n) is 7.26. The van der Waals surface area contributed by atoms with Crippen LogP contribution in [0.3, 0.4) is 0 Å². The van der Waals surface area contributed by atoms with E-state index in [-0.39, 0.29) is 18.4 Å². The van der Waals surface area contributed by atoms with E-state index in [4.69, 9.17) is 14.2 Å². The molecule has 2 atom stereocenters. The number of benzene rings is 1. The Morgan fingerprint density at radius 2 is 2.20 bits per heavy atom. The second kappa shape index (κ2) is 5.94. The third kappa shape index (κ3) is 2.72. The molecule has 0 bridgehead atoms. The summed E-state index contributed by atoms with van der Waals surface area (Å²) in [6.45, 7) is 0.797. The summed E-state index contributed by atoms with van der Waals surface area (Å²) < 4.78 is 16.5. The predicted molar refractivity (Wildman–Crippen MR) is 73.5 cm³/mol. The van der Waals surface area contributed by atoms with Gasteiger partial charge in [-0.1, -0.05) is 6.07 Å². The fourth-order valence-corrected chi connectivity index (χ4v) is 2.97. The van der Waals surface area contributed by atoms with Gasteiger partial charge in [0.1, 0.15) is 0 Å². The quantitative estimate of drug-likeness (QED) is 0.796. The summed E-state index contributed by atoms with van der Waals surface area (Å²) >= 11 is 0. The molecule has 2 aliphatic rings. The molecule has 0 spiro atoms. The van der Waals surface area contributed by atoms with E-state index in [0.717, 1.165) is 32.3 Å². The van der Waals surface area contributed by atoms with Gasteiger partial charge in [0.25, 0.3) is 0 Å². The molecule has 2 unspecified atom stereocenters. The van der Waals surface area contributed by atoms with Gasteiger partial charge in [-0.25, -0.2) is 4.79 Å². The summed E-state index contributed by atoms with van der Waals surface area (Å²) in [7, 11) is 1.40. The number of rotatable bonds is 3. The number of hydrogen-bond acceptors (Lipinski definition) is 4. The van der Waals surface area contributed by atoms with Crippen molar-refractivity contribution in [1.82, 2.24) is 0 Å². The highest BCUT2D eigenvalue weighted by Crippen LogP contribution is 2.36. The Balaban J connectivity index is 1.71. The third-order valence-electron chi connectivity index (χ3n) is 4.04. The van der Waals surface area contributed by atoms with Crippen molar-refractivity contribution in [3.63, 3.8) is 0 Å². The Bertz CT molecular complexity index is 491. The predicted octanol–water partition coefficient (Wildman–Crippen LogP) is 3.00. The molecule has 0 amide bonds. The number of carbonyl (C=O) groups is 1. The zero-order chi connectivity index (χ0) is 13.9. The number of aryl methyl sites for hydroxylation is 1. The van der Waals surface area contributed by atoms with Gasteiger partial charge in [-0.05, 0) is 55.4 Å². The summed E-state index contributed by atoms with van der Waals surface area (Å²) in [5.41, 5.74) is 2.99. The van der Waals surface area contributed by atoms with Gasteiger partial charge in [0.2, 0.25) is 0 Å². The fraction of sp³-hybridized carbons (Fsp3) is 0.562. The molecule has 108 valence electrons. The minimum absolute atomic E-state index is 0.0695. The van der Waals surface area contributed by atoms with Gasteiger partial charge in [0.15, 0.2) is 6.29 Å². The molecule has 1 aliphatic heterocycles. The van der Waals surface area contributed by atoms with Crippen molar-refractivity contribution in [3.05, 3.63) is 34.9 Å². The molecule has 0 saturated carbocycles. The van der Waals surface area contributed by atoms with Crippen LogP contribution in [-0.4, -0.2) is 26.0 Å². The Hall–Kier alpha value is -1.39. The molecule has 20 heavy (non-hydrogen) atoms. The summed E-state index contributed by atoms with van der Waals surface area (Å²) in [5, 5.41) is 0. The molecule has 1 heterocycles. The van der Waals surface area contributed by atoms with Crippen molar-refractivity contribution >= 4 is 5.97 Å². The van der Waals surface area contributed by atoms with Gasteiger partial charge in [-0.3, -0.25) is 0 Å². The van der Waals surface area contributed by atoms with Crippen molar-refractivity contribution in [2.45, 2.75) is 44.5 Å². The minimum Gasteiger partial charge on any atom is -0.465 e. The van der Waals surface area contributed by atoms with Crippen molar-refractivity contribution in [2.24, 2.45) is 0 Å². The highest BCUT2D eigenvalue weighted by Gasteiger charge is 2.28. The topological polar surface area (TPSA) is 44.8 Å². The van der Waals surface area contributed by atoms with E-state index >= 15 is 0 Å². The summed E-state index contributed by atoms with van der Waals surface area (Å²) in [4.78, 5) is 11.5. The van der Waals surface area contributed by atoms with Crippen LogP contribution in [0.5, 0.6) is 0 Å². The van der Waals surface area contributed by atoms with Gasteiger partial charge in [0.05, 0.1) is 18.8 Å². The maximum Gasteiger partial charge on any atom is 0.337 e. The van der Waals surface area contributed by atoms with Crippen molar-refractivity contribution in [3.8, 4) is 0 Å². The van der Waals surface area contributed by atoms with E-state index in [1.807, 2.05) is 18.2 Å². The maximum absolute atomic E-state index is 11.5. The van der Waals surface area contributed by atoms with Crippen LogP contribution >= 0.6 is 0 Å². The van der Waals surface area contributed by atoms with Crippen LogP contribution in [-0.2, 0) is 20.6 Å². The first kappa shape index (κ1) is 13.6. The second-order valence-corrected chi connectivity index (χ2v) is 5.36. The SMILES string of the molecule is COC(=O)c1ccc2c(c1)CCC2OC1CCCCO1. The highest BCUT2D eigenvalue weighted by atomic mass is 16.7. The van der Waals surface area contributed by atoms with E-state index in [9.17, 15) is 4.79 Å². The Morgan fingerprint density at radius 1 is 1.30 bits per heavy atom. The molecule has 1 fully saturated rings. The standard InChI is InChI=1S/C16H20O4/c1-18-16(17)12-5-7-13-11(10-12)6-8-14(13)20-15-4-2-3-9-19-15/h5,7,10,14-15H,2-4,6,8-9H2,1H3. The first-order chi connectivity index (χ1) is 9.78. The van der Waals surface area contributed by atoms with Crippen LogP contribution in [0, 0.1) is 0 Å². The number of methoxy groups -OCH3 is 1. The molecule has 4 nitrogen and oxygen atoms in total. The van der Waals surface area contributed by atoms with Crippen LogP contribution in [0.4, 0.5) is 0 Å². The lowest BCUT2D eigenvalue weighted by Crippen LogP contribution is -2.23. The Kier molecular flexibility index (Phi) is 4.03. The Labute approximate surface area is 119 Å². The molecule has 1 aliphatic carbocycles. The highest BCUT2D eigenvalue weighted by molar-refractivity contribution is 5.89. The number of fused-ring (bicyclic) bond motifs is 1. The molecule has 1 aromatic carbocycles. The van der Waals surface area contributed by atoms with Crippen LogP contribution in [0.25, 0.3) is 0 Å². The summed E-state index contributed by atoms with van der Waals surface area (Å²) in [5.74, 6) is -0.284. The van der Waals surface area contributed by atoms with Gasteiger partial charge >= 0.3 is 5.97 Å². The van der Waals surface area contributed by atoms with E-state index in [0.29, 0.717) is 5.56 Å². The molecule has 1 saturated heterocycles. The van der Waals surface area contributed by atoms with Gasteiger partial charge in [-0.2, -0.15) is 0 Å². The van der Waals surface area contributed by atoms with E-state index in [1.165, 1.54) is 24.7 Å². The smallest absolute Gasteiger partial charge is 0.337 e. The van der Waals surface area contributed by atoms with Crippen LogP contribution in [0.15, 0.2) is 18.2 Å². The lowest BCUT2D eigenvalue weighted by atomic mass is 10.1. The van der Waals surface area contributed by atoms with Crippen LogP contribution < -0.4 is 0 Å². The average Bonchev–Trinajstić information content (AvgIpc) is 2.90. The van der Waals surface area contributed by atoms with Gasteiger partial charge in [-0.15, -0.1) is 0 Å². The third-order valence-corrected chi connectivity index (χ3v) is 4.04. The molecular weight excluding hydrogens is 256 g/mol. The zero-order valence-corrected chi connectivity index (χ0v) is 11.8. The van der Waals surface area contributed by atoms with Crippen LogP contribution in [0.2, 0.25) is 0 Å². The minimum atomic E-state index is -0.284. The molecule has 0 aromatic heterocycles. The summed E-state index contributed by atoms with van der Waals surface area (Å²) in [6, 6.07) is 5.72. The molecule has 4 heteroatoms. The monoisotopic (exact) mass is 276 g/mol. The first-order valence-corrected chi connectivity index (χ1v) is 7.26. The lowest BCUT2D eigenvalue weighted by Gasteiger charge is -2.26. The number of esters is 1. The largest absolute Gasteiger partial charge is 0.465 e. The average molecular weight is 276 g/mol. The summed E-state index contributed by atoms with van der Waals surface area (Å²) in [6.07, 6.45) is 5.21. The molecule has 0 radical (unpaired) electrons. The molecular formula is C16H20O4. The van der Waals surface area contributed by atoms with E-state index in [1.54, 1.807) is 0 Å². The lowest BCUT2D eigenvalue weighted by molar-refractivity contribution is -0.189. The molecule has 0 N–H and O–H groups in total. The number of carbonyl (C=O) groups excluding carboxylic acids is 1. The number of ether oxygens (including phenoxy) is 3. The van der Waals surface area contributed by atoms with Crippen molar-refractivity contribution < 1.29 is 19.0 Å². The van der Waals surface area contributed by atoms with Crippen molar-refractivity contribution in [2.75, 3.05) is 13.7 Å². The van der Waals surface area contributed by atoms with E-state index < -0.39 is 0 Å². The van der Waals surface area contributed by atoms with Crippen LogP contribution in [0.1, 0.15) is 53.3 Å². The maximum atomic E-state index is 11.5. The zero-order valence-electron chi connectivity index (χ0n) is 11.8. The van der Waals surface area contributed by atoms with Crippen molar-refractivity contribution in [1.29, 1.82) is 0 Å².